The summed E-state index contributed by atoms with van der Waals surface area (Å²) in [5.74, 6) is 0. The molecule has 0 amide bonds. The van der Waals surface area contributed by atoms with Gasteiger partial charge in [-0.15, -0.1) is 89.3 Å². The van der Waals surface area contributed by atoms with Gasteiger partial charge in [0.25, 0.3) is 0 Å². The molecular weight excluding hydrogens is 539 g/mol. The van der Waals surface area contributed by atoms with Crippen molar-refractivity contribution >= 4 is 140 Å². The van der Waals surface area contributed by atoms with Crippen LogP contribution in [0.3, 0.4) is 0 Å². The van der Waals surface area contributed by atoms with Crippen LogP contribution in [0.4, 0.5) is 0 Å². The van der Waals surface area contributed by atoms with Crippen molar-refractivity contribution in [2.75, 3.05) is 0 Å². The van der Waals surface area contributed by atoms with Crippen LogP contribution in [0.15, 0.2) is 0 Å². The minimum Gasteiger partial charge on any atom is -0.110 e. The first-order valence-corrected chi connectivity index (χ1v) is 31.8. The fraction of sp³-hybridized carbons (Fsp3) is 1.00. The second-order valence-electron chi connectivity index (χ2n) is 2.96. The monoisotopic (exact) mass is 560 g/mol. The molecule has 12 atom stereocenters. The Morgan fingerprint density at radius 3 is 1.17 bits per heavy atom. The van der Waals surface area contributed by atoms with Crippen molar-refractivity contribution in [2.24, 2.45) is 0 Å². The van der Waals surface area contributed by atoms with Gasteiger partial charge in [0.1, 0.15) is 0 Å². The first-order valence-electron chi connectivity index (χ1n) is 4.13. The van der Waals surface area contributed by atoms with Crippen molar-refractivity contribution in [2.45, 2.75) is 4.38 Å². The van der Waals surface area contributed by atoms with E-state index in [-0.39, 0.29) is 43.2 Å². The van der Waals surface area contributed by atoms with Crippen LogP contribution < -0.4 is 0 Å². The largest absolute Gasteiger partial charge is 0.110 e. The van der Waals surface area contributed by atoms with Gasteiger partial charge in [-0.05, 0) is 43.2 Å². The number of hydrogen-bond acceptors (Lipinski definition) is 0. The van der Waals surface area contributed by atoms with Crippen LogP contribution in [0.1, 0.15) is 0 Å². The average molecular weight is 560 g/mol. The van der Waals surface area contributed by atoms with Gasteiger partial charge in [-0.2, -0.15) is 0 Å². The zero-order chi connectivity index (χ0) is 14.7. The molecule has 0 nitrogen and oxygen atoms in total. The molecule has 0 N–H and O–H groups in total. The predicted molar refractivity (Wildman–Crippen MR) is 150 cm³/mol. The molecule has 18 heavy (non-hydrogen) atoms. The molecule has 0 rings (SSSR count). The summed E-state index contributed by atoms with van der Waals surface area (Å²) >= 11 is 0. The van der Waals surface area contributed by atoms with E-state index in [1.54, 1.807) is 0 Å². The molecule has 0 aromatic carbocycles. The summed E-state index contributed by atoms with van der Waals surface area (Å²) in [6.45, 7) is -0.0639. The molecule has 0 spiro atoms. The van der Waals surface area contributed by atoms with Crippen LogP contribution in [0.2, 0.25) is 0 Å². The van der Waals surface area contributed by atoms with E-state index in [1.807, 2.05) is 0 Å². The van der Waals surface area contributed by atoms with Crippen molar-refractivity contribution < 1.29 is 0 Å². The smallest absolute Gasteiger partial charge is 0.0793 e. The molecule has 0 fully saturated rings. The van der Waals surface area contributed by atoms with Crippen molar-refractivity contribution in [3.8, 4) is 0 Å². The molecule has 0 aliphatic carbocycles. The lowest BCUT2D eigenvalue weighted by Crippen LogP contribution is -2.05. The summed E-state index contributed by atoms with van der Waals surface area (Å²) in [6, 6.07) is 0. The molecule has 12 unspecified atom stereocenters. The third-order valence-corrected chi connectivity index (χ3v) is 65.4. The van der Waals surface area contributed by atoms with Gasteiger partial charge in [-0.1, -0.05) is 7.96 Å². The van der Waals surface area contributed by atoms with Gasteiger partial charge in [0.05, 0.1) is 4.38 Å². The summed E-state index contributed by atoms with van der Waals surface area (Å²) < 4.78 is 0.509. The summed E-state index contributed by atoms with van der Waals surface area (Å²) in [6.07, 6.45) is 0. The van der Waals surface area contributed by atoms with E-state index >= 15 is 0 Å². The van der Waals surface area contributed by atoms with Crippen molar-refractivity contribution in [1.29, 1.82) is 0 Å². The molecule has 0 saturated heterocycles. The quantitative estimate of drug-likeness (QED) is 0.274. The molecule has 17 heteroatoms. The Bertz CT molecular complexity index is 212. The maximum absolute atomic E-state index is 3.21. The zero-order valence-electron chi connectivity index (χ0n) is 9.46. The summed E-state index contributed by atoms with van der Waals surface area (Å²) in [4.78, 5) is 0. The van der Waals surface area contributed by atoms with Crippen LogP contribution in [0.5, 0.6) is 0 Å². The average Bonchev–Trinajstić information content (AvgIpc) is 2.21. The second kappa shape index (κ2) is 12.7. The molecule has 0 aliphatic rings. The van der Waals surface area contributed by atoms with Gasteiger partial charge in [-0.25, -0.2) is 0 Å². The van der Waals surface area contributed by atoms with Crippen molar-refractivity contribution in [3.63, 3.8) is 0 Å². The van der Waals surface area contributed by atoms with E-state index in [0.29, 0.717) is 4.38 Å². The van der Waals surface area contributed by atoms with Gasteiger partial charge in [0.2, 0.25) is 0 Å². The lowest BCUT2D eigenvalue weighted by atomic mass is 11.8. The van der Waals surface area contributed by atoms with E-state index in [4.69, 9.17) is 0 Å². The Balaban J connectivity index is 5.81. The molecule has 0 bridgehead atoms. The highest BCUT2D eigenvalue weighted by atomic mass is 33.0. The first kappa shape index (κ1) is 25.3. The maximum Gasteiger partial charge on any atom is 0.0793 e. The molecule has 0 saturated carbocycles. The van der Waals surface area contributed by atoms with Gasteiger partial charge >= 0.3 is 0 Å². The van der Waals surface area contributed by atoms with E-state index in [2.05, 4.69) is 89.3 Å². The Labute approximate surface area is 144 Å². The summed E-state index contributed by atoms with van der Waals surface area (Å²) in [5, 5.41) is 0. The van der Waals surface area contributed by atoms with Crippen LogP contribution >= 0.6 is 140 Å². The molecule has 0 radical (unpaired) electrons. The predicted octanol–water partition coefficient (Wildman–Crippen LogP) is 8.81. The molecule has 0 aromatic heterocycles. The Kier molecular flexibility index (Phi) is 17.8. The highest BCUT2D eigenvalue weighted by Gasteiger charge is 2.51. The SMILES string of the molecule is PPP(P)C(P(P)P)(P(P)P)P(P(P)P)P(P)P. The summed E-state index contributed by atoms with van der Waals surface area (Å²) in [5.41, 5.74) is 0. The van der Waals surface area contributed by atoms with Crippen molar-refractivity contribution in [3.05, 3.63) is 0 Å². The highest BCUT2D eigenvalue weighted by Crippen LogP contribution is 3.16. The third-order valence-electron chi connectivity index (χ3n) is 1.86. The summed E-state index contributed by atoms with van der Waals surface area (Å²) in [7, 11) is 32.0. The van der Waals surface area contributed by atoms with Crippen LogP contribution in [-0.4, -0.2) is 4.38 Å². The fourth-order valence-electron chi connectivity index (χ4n) is 1.20. The van der Waals surface area contributed by atoms with E-state index in [9.17, 15) is 0 Å². The minimum atomic E-state index is -0.107. The van der Waals surface area contributed by atoms with E-state index < -0.39 is 0 Å². The highest BCUT2D eigenvalue weighted by molar-refractivity contribution is 9.01. The van der Waals surface area contributed by atoms with E-state index in [1.165, 1.54) is 0 Å². The van der Waals surface area contributed by atoms with E-state index in [0.717, 1.165) is 7.96 Å². The van der Waals surface area contributed by atoms with Crippen LogP contribution in [-0.2, 0) is 0 Å². The standard InChI is InChI=1S/CH21P17/c2-12-15(7)1(13(3)4,14(5)6)16(17(8)9)18(10)11/h12H,2-11H2. The zero-order valence-corrected chi connectivity index (χ0v) is 27.4. The molecule has 0 heterocycles. The number of hydrogen-bond donors (Lipinski definition) is 0. The maximum atomic E-state index is 3.21. The molecule has 0 aliphatic heterocycles. The van der Waals surface area contributed by atoms with Gasteiger partial charge in [0, 0.05) is 0 Å². The Morgan fingerprint density at radius 1 is 0.667 bits per heavy atom. The third kappa shape index (κ3) is 6.80. The topological polar surface area (TPSA) is 0 Å². The Morgan fingerprint density at radius 2 is 1.00 bits per heavy atom. The van der Waals surface area contributed by atoms with Crippen LogP contribution in [0.25, 0.3) is 0 Å². The fourth-order valence-corrected chi connectivity index (χ4v) is 117. The minimum absolute atomic E-state index is 0.00686. The lowest BCUT2D eigenvalue weighted by Gasteiger charge is -2.53. The first-order chi connectivity index (χ1) is 8.13. The lowest BCUT2D eigenvalue weighted by molar-refractivity contribution is 1.87. The van der Waals surface area contributed by atoms with Crippen LogP contribution in [0, 0.1) is 0 Å². The normalized spacial score (nSPS) is 16.2. The second-order valence-corrected chi connectivity index (χ2v) is 52.0. The van der Waals surface area contributed by atoms with Gasteiger partial charge in [0.15, 0.2) is 0 Å². The molecule has 0 aromatic rings. The van der Waals surface area contributed by atoms with Gasteiger partial charge < -0.3 is 0 Å². The molecular formula is CH21P17. The Hall–Kier alpha value is 7.31. The van der Waals surface area contributed by atoms with Gasteiger partial charge in [-0.3, -0.25) is 0 Å². The number of rotatable bonds is 7. The van der Waals surface area contributed by atoms with Crippen molar-refractivity contribution in [1.82, 2.24) is 0 Å². The molecule has 110 valence electrons.